The third-order valence-electron chi connectivity index (χ3n) is 2.86. The molecule has 2 N–H and O–H groups in total. The van der Waals surface area contributed by atoms with Crippen LogP contribution in [0.15, 0.2) is 4.52 Å². The summed E-state index contributed by atoms with van der Waals surface area (Å²) in [5, 5.41) is 3.87. The van der Waals surface area contributed by atoms with Crippen molar-refractivity contribution in [2.75, 3.05) is 6.54 Å². The van der Waals surface area contributed by atoms with E-state index in [1.807, 2.05) is 0 Å². The van der Waals surface area contributed by atoms with E-state index in [2.05, 4.69) is 22.0 Å². The van der Waals surface area contributed by atoms with Gasteiger partial charge >= 0.3 is 0 Å². The highest BCUT2D eigenvalue weighted by atomic mass is 16.5. The first kappa shape index (κ1) is 9.61. The molecule has 5 nitrogen and oxygen atoms in total. The van der Waals surface area contributed by atoms with Crippen LogP contribution in [0.4, 0.5) is 0 Å². The number of hydrogen-bond acceptors (Lipinski definition) is 5. The quantitative estimate of drug-likeness (QED) is 0.736. The van der Waals surface area contributed by atoms with Gasteiger partial charge < -0.3 is 10.3 Å². The normalized spacial score (nSPS) is 28.5. The molecule has 14 heavy (non-hydrogen) atoms. The van der Waals surface area contributed by atoms with Crippen molar-refractivity contribution >= 4 is 0 Å². The van der Waals surface area contributed by atoms with Gasteiger partial charge in [0.1, 0.15) is 0 Å². The van der Waals surface area contributed by atoms with Gasteiger partial charge in [-0.05, 0) is 13.3 Å². The Kier molecular flexibility index (Phi) is 2.52. The minimum atomic E-state index is 0.281. The van der Waals surface area contributed by atoms with E-state index in [-0.39, 0.29) is 6.04 Å². The summed E-state index contributed by atoms with van der Waals surface area (Å²) in [6.07, 6.45) is 1.05. The third-order valence-corrected chi connectivity index (χ3v) is 2.86. The molecule has 1 aromatic heterocycles. The molecule has 0 aromatic carbocycles. The SMILES string of the molecule is Cc1nc(CN2CCC(N)C2C)no1. The Morgan fingerprint density at radius 2 is 2.43 bits per heavy atom. The second-order valence-corrected chi connectivity index (χ2v) is 3.89. The van der Waals surface area contributed by atoms with E-state index in [9.17, 15) is 0 Å². The second-order valence-electron chi connectivity index (χ2n) is 3.89. The number of hydrogen-bond donors (Lipinski definition) is 1. The van der Waals surface area contributed by atoms with Gasteiger partial charge in [-0.15, -0.1) is 0 Å². The van der Waals surface area contributed by atoms with Gasteiger partial charge in [-0.3, -0.25) is 4.90 Å². The minimum Gasteiger partial charge on any atom is -0.340 e. The van der Waals surface area contributed by atoms with E-state index in [1.165, 1.54) is 0 Å². The van der Waals surface area contributed by atoms with Gasteiger partial charge in [-0.2, -0.15) is 4.98 Å². The van der Waals surface area contributed by atoms with Crippen LogP contribution in [0.5, 0.6) is 0 Å². The van der Waals surface area contributed by atoms with E-state index in [0.717, 1.165) is 25.3 Å². The lowest BCUT2D eigenvalue weighted by Gasteiger charge is -2.20. The summed E-state index contributed by atoms with van der Waals surface area (Å²) in [7, 11) is 0. The van der Waals surface area contributed by atoms with Crippen LogP contribution in [-0.4, -0.2) is 33.7 Å². The Morgan fingerprint density at radius 1 is 1.64 bits per heavy atom. The Morgan fingerprint density at radius 3 is 2.93 bits per heavy atom. The first-order valence-electron chi connectivity index (χ1n) is 4.95. The van der Waals surface area contributed by atoms with E-state index < -0.39 is 0 Å². The molecule has 1 aliphatic rings. The number of aryl methyl sites for hydroxylation is 1. The van der Waals surface area contributed by atoms with Gasteiger partial charge in [0.2, 0.25) is 5.89 Å². The van der Waals surface area contributed by atoms with Crippen molar-refractivity contribution in [2.24, 2.45) is 5.73 Å². The van der Waals surface area contributed by atoms with Crippen molar-refractivity contribution < 1.29 is 4.52 Å². The van der Waals surface area contributed by atoms with Gasteiger partial charge in [0.05, 0.1) is 6.54 Å². The molecule has 2 rings (SSSR count). The summed E-state index contributed by atoms with van der Waals surface area (Å²) in [4.78, 5) is 6.46. The Labute approximate surface area is 83.3 Å². The lowest BCUT2D eigenvalue weighted by atomic mass is 10.2. The van der Waals surface area contributed by atoms with E-state index in [1.54, 1.807) is 6.92 Å². The second kappa shape index (κ2) is 3.67. The molecule has 5 heteroatoms. The van der Waals surface area contributed by atoms with Crippen LogP contribution in [0.1, 0.15) is 25.1 Å². The summed E-state index contributed by atoms with van der Waals surface area (Å²) in [6, 6.07) is 0.691. The lowest BCUT2D eigenvalue weighted by molar-refractivity contribution is 0.241. The van der Waals surface area contributed by atoms with Crippen LogP contribution in [0, 0.1) is 6.92 Å². The van der Waals surface area contributed by atoms with Crippen LogP contribution in [0.3, 0.4) is 0 Å². The maximum atomic E-state index is 5.92. The average molecular weight is 196 g/mol. The lowest BCUT2D eigenvalue weighted by Crippen LogP contribution is -2.36. The summed E-state index contributed by atoms with van der Waals surface area (Å²) >= 11 is 0. The smallest absolute Gasteiger partial charge is 0.223 e. The Hall–Kier alpha value is -0.940. The Balaban J connectivity index is 1.98. The maximum Gasteiger partial charge on any atom is 0.223 e. The van der Waals surface area contributed by atoms with Crippen LogP contribution >= 0.6 is 0 Å². The zero-order valence-corrected chi connectivity index (χ0v) is 8.60. The number of likely N-dealkylation sites (tertiary alicyclic amines) is 1. The molecule has 0 saturated carbocycles. The minimum absolute atomic E-state index is 0.281. The summed E-state index contributed by atoms with van der Waals surface area (Å²) in [5.74, 6) is 1.37. The fourth-order valence-corrected chi connectivity index (χ4v) is 1.84. The molecule has 0 spiro atoms. The molecule has 2 unspecified atom stereocenters. The molecule has 0 radical (unpaired) electrons. The number of nitrogens with two attached hydrogens (primary N) is 1. The summed E-state index contributed by atoms with van der Waals surface area (Å²) in [5.41, 5.74) is 5.92. The largest absolute Gasteiger partial charge is 0.340 e. The molecule has 0 aliphatic carbocycles. The van der Waals surface area contributed by atoms with Crippen molar-refractivity contribution in [3.8, 4) is 0 Å². The molecule has 1 aromatic rings. The zero-order valence-electron chi connectivity index (χ0n) is 8.60. The number of nitrogens with zero attached hydrogens (tertiary/aromatic N) is 3. The van der Waals surface area contributed by atoms with Crippen molar-refractivity contribution in [3.63, 3.8) is 0 Å². The van der Waals surface area contributed by atoms with Crippen LogP contribution < -0.4 is 5.73 Å². The van der Waals surface area contributed by atoms with Crippen molar-refractivity contribution in [1.82, 2.24) is 15.0 Å². The van der Waals surface area contributed by atoms with Gasteiger partial charge in [0, 0.05) is 25.6 Å². The fraction of sp³-hybridized carbons (Fsp3) is 0.778. The van der Waals surface area contributed by atoms with Crippen LogP contribution in [0.2, 0.25) is 0 Å². The standard InChI is InChI=1S/C9H16N4O/c1-6-8(10)3-4-13(6)5-9-11-7(2)14-12-9/h6,8H,3-5,10H2,1-2H3. The fourth-order valence-electron chi connectivity index (χ4n) is 1.84. The number of aromatic nitrogens is 2. The first-order valence-corrected chi connectivity index (χ1v) is 4.95. The molecular weight excluding hydrogens is 180 g/mol. The number of rotatable bonds is 2. The van der Waals surface area contributed by atoms with Gasteiger partial charge in [-0.1, -0.05) is 5.16 Å². The molecule has 1 aliphatic heterocycles. The highest BCUT2D eigenvalue weighted by Crippen LogP contribution is 2.17. The van der Waals surface area contributed by atoms with Gasteiger partial charge in [0.15, 0.2) is 5.82 Å². The highest BCUT2D eigenvalue weighted by molar-refractivity contribution is 4.91. The molecule has 0 bridgehead atoms. The van der Waals surface area contributed by atoms with Crippen LogP contribution in [-0.2, 0) is 6.54 Å². The van der Waals surface area contributed by atoms with Crippen LogP contribution in [0.25, 0.3) is 0 Å². The highest BCUT2D eigenvalue weighted by Gasteiger charge is 2.28. The summed E-state index contributed by atoms with van der Waals surface area (Å²) < 4.78 is 4.92. The third kappa shape index (κ3) is 1.78. The maximum absolute atomic E-state index is 5.92. The Bertz CT molecular complexity index is 312. The molecule has 1 fully saturated rings. The predicted molar refractivity (Wildman–Crippen MR) is 51.5 cm³/mol. The van der Waals surface area contributed by atoms with Crippen molar-refractivity contribution in [3.05, 3.63) is 11.7 Å². The van der Waals surface area contributed by atoms with Gasteiger partial charge in [0.25, 0.3) is 0 Å². The molecule has 1 saturated heterocycles. The summed E-state index contributed by atoms with van der Waals surface area (Å²) in [6.45, 7) is 5.71. The van der Waals surface area contributed by atoms with Gasteiger partial charge in [-0.25, -0.2) is 0 Å². The molecule has 0 amide bonds. The monoisotopic (exact) mass is 196 g/mol. The topological polar surface area (TPSA) is 68.2 Å². The van der Waals surface area contributed by atoms with E-state index in [4.69, 9.17) is 10.3 Å². The van der Waals surface area contributed by atoms with Crippen molar-refractivity contribution in [2.45, 2.75) is 38.9 Å². The zero-order chi connectivity index (χ0) is 10.1. The average Bonchev–Trinajstić information content (AvgIpc) is 2.67. The predicted octanol–water partition coefficient (Wildman–Crippen LogP) is 0.300. The molecule has 78 valence electrons. The van der Waals surface area contributed by atoms with E-state index in [0.29, 0.717) is 11.9 Å². The molecule has 2 heterocycles. The van der Waals surface area contributed by atoms with E-state index >= 15 is 0 Å². The molecule has 2 atom stereocenters. The first-order chi connectivity index (χ1) is 6.66. The molecular formula is C9H16N4O. The van der Waals surface area contributed by atoms with Crippen molar-refractivity contribution in [1.29, 1.82) is 0 Å².